The molecule has 0 unspecified atom stereocenters. The van der Waals surface area contributed by atoms with Crippen LogP contribution in [0.1, 0.15) is 29.8 Å². The molecule has 1 aliphatic carbocycles. The van der Waals surface area contributed by atoms with Crippen LogP contribution in [0.5, 0.6) is 5.75 Å². The lowest BCUT2D eigenvalue weighted by Gasteiger charge is -2.12. The molecule has 0 amide bonds. The van der Waals surface area contributed by atoms with Gasteiger partial charge in [0, 0.05) is 11.8 Å². The second-order valence-electron chi connectivity index (χ2n) is 4.16. The molecule has 82 valence electrons. The molecule has 0 aromatic carbocycles. The monoisotopic (exact) mass is 216 g/mol. The summed E-state index contributed by atoms with van der Waals surface area (Å²) in [6.45, 7) is 0.558. The summed E-state index contributed by atoms with van der Waals surface area (Å²) in [6, 6.07) is 5.52. The predicted octanol–water partition coefficient (Wildman–Crippen LogP) is 1.97. The van der Waals surface area contributed by atoms with Crippen LogP contribution in [0.4, 0.5) is 0 Å². The zero-order valence-electron chi connectivity index (χ0n) is 8.85. The minimum atomic E-state index is 0.0675. The van der Waals surface area contributed by atoms with Crippen LogP contribution < -0.4 is 4.74 Å². The van der Waals surface area contributed by atoms with Gasteiger partial charge in [0.1, 0.15) is 11.4 Å². The van der Waals surface area contributed by atoms with E-state index in [1.807, 2.05) is 0 Å². The van der Waals surface area contributed by atoms with Crippen molar-refractivity contribution in [1.29, 1.82) is 5.26 Å². The van der Waals surface area contributed by atoms with Gasteiger partial charge in [-0.3, -0.25) is 4.79 Å². The summed E-state index contributed by atoms with van der Waals surface area (Å²) in [4.78, 5) is 14.3. The third-order valence-corrected chi connectivity index (χ3v) is 2.84. The Hall–Kier alpha value is -1.89. The van der Waals surface area contributed by atoms with Crippen LogP contribution in [0.15, 0.2) is 18.3 Å². The average Bonchev–Trinajstić information content (AvgIpc) is 3.08. The van der Waals surface area contributed by atoms with Gasteiger partial charge in [0.2, 0.25) is 0 Å². The molecule has 0 bridgehead atoms. The first-order valence-electron chi connectivity index (χ1n) is 5.19. The zero-order chi connectivity index (χ0) is 11.4. The Morgan fingerprint density at radius 3 is 2.88 bits per heavy atom. The molecule has 1 aromatic heterocycles. The average molecular weight is 216 g/mol. The molecule has 2 rings (SSSR count). The molecule has 0 N–H and O–H groups in total. The molecule has 1 fully saturated rings. The highest BCUT2D eigenvalue weighted by atomic mass is 16.5. The van der Waals surface area contributed by atoms with Crippen LogP contribution in [0, 0.1) is 16.7 Å². The Kier molecular flexibility index (Phi) is 2.86. The molecule has 0 saturated heterocycles. The molecule has 0 spiro atoms. The number of hydrogen-bond donors (Lipinski definition) is 0. The van der Waals surface area contributed by atoms with Gasteiger partial charge < -0.3 is 4.74 Å². The molecular weight excluding hydrogens is 204 g/mol. The number of pyridine rings is 1. The van der Waals surface area contributed by atoms with E-state index in [1.54, 1.807) is 12.1 Å². The summed E-state index contributed by atoms with van der Waals surface area (Å²) < 4.78 is 5.56. The van der Waals surface area contributed by atoms with Crippen molar-refractivity contribution in [2.75, 3.05) is 6.61 Å². The fourth-order valence-electron chi connectivity index (χ4n) is 1.50. The van der Waals surface area contributed by atoms with Gasteiger partial charge in [-0.05, 0) is 25.0 Å². The summed E-state index contributed by atoms with van der Waals surface area (Å²) in [5.74, 6) is 0.648. The smallest absolute Gasteiger partial charge is 0.168 e. The van der Waals surface area contributed by atoms with Gasteiger partial charge in [0.05, 0.1) is 18.9 Å². The number of carbonyl (C=O) groups is 1. The zero-order valence-corrected chi connectivity index (χ0v) is 8.85. The minimum absolute atomic E-state index is 0.0675. The molecule has 0 radical (unpaired) electrons. The fourth-order valence-corrected chi connectivity index (χ4v) is 1.50. The van der Waals surface area contributed by atoms with Crippen LogP contribution in [-0.2, 0) is 0 Å². The second-order valence-corrected chi connectivity index (χ2v) is 4.16. The van der Waals surface area contributed by atoms with Crippen molar-refractivity contribution in [2.24, 2.45) is 5.41 Å². The van der Waals surface area contributed by atoms with E-state index in [-0.39, 0.29) is 5.41 Å². The van der Waals surface area contributed by atoms with Crippen molar-refractivity contribution in [3.05, 3.63) is 24.0 Å². The maximum absolute atomic E-state index is 10.4. The lowest BCUT2D eigenvalue weighted by Crippen LogP contribution is -2.12. The topological polar surface area (TPSA) is 63.0 Å². The van der Waals surface area contributed by atoms with E-state index in [0.29, 0.717) is 30.8 Å². The maximum atomic E-state index is 10.4. The molecule has 0 aliphatic heterocycles. The Morgan fingerprint density at radius 2 is 2.38 bits per heavy atom. The van der Waals surface area contributed by atoms with Crippen LogP contribution in [-0.4, -0.2) is 17.9 Å². The number of aromatic nitrogens is 1. The van der Waals surface area contributed by atoms with Crippen LogP contribution in [0.25, 0.3) is 0 Å². The molecule has 1 heterocycles. The molecule has 4 heteroatoms. The Bertz CT molecular complexity index is 416. The number of rotatable bonds is 5. The van der Waals surface area contributed by atoms with Crippen LogP contribution >= 0.6 is 0 Å². The minimum Gasteiger partial charge on any atom is -0.491 e. The number of ether oxygens (including phenoxy) is 1. The Labute approximate surface area is 93.9 Å². The van der Waals surface area contributed by atoms with Gasteiger partial charge >= 0.3 is 0 Å². The lowest BCUT2D eigenvalue weighted by molar-refractivity contribution is 0.111. The molecule has 1 saturated carbocycles. The summed E-state index contributed by atoms with van der Waals surface area (Å²) >= 11 is 0. The fraction of sp³-hybridized carbons (Fsp3) is 0.417. The third-order valence-electron chi connectivity index (χ3n) is 2.84. The van der Waals surface area contributed by atoms with E-state index >= 15 is 0 Å². The highest BCUT2D eigenvalue weighted by Gasteiger charge is 2.43. The van der Waals surface area contributed by atoms with E-state index in [2.05, 4.69) is 11.1 Å². The first kappa shape index (κ1) is 10.6. The molecule has 0 atom stereocenters. The Balaban J connectivity index is 1.90. The van der Waals surface area contributed by atoms with E-state index in [4.69, 9.17) is 10.00 Å². The normalized spacial score (nSPS) is 16.2. The standard InChI is InChI=1S/C12H12N2O2/c13-6-5-12(3-4-12)9-16-11-2-1-10(8-15)14-7-11/h1-2,7-8H,3-5,9H2. The second kappa shape index (κ2) is 4.31. The molecule has 1 aromatic rings. The van der Waals surface area contributed by atoms with Crippen molar-refractivity contribution in [3.63, 3.8) is 0 Å². The SMILES string of the molecule is N#CCC1(COc2ccc(C=O)nc2)CC1. The largest absolute Gasteiger partial charge is 0.491 e. The van der Waals surface area contributed by atoms with E-state index in [9.17, 15) is 4.79 Å². The summed E-state index contributed by atoms with van der Waals surface area (Å²) in [5, 5.41) is 8.65. The first-order valence-corrected chi connectivity index (χ1v) is 5.19. The van der Waals surface area contributed by atoms with Gasteiger partial charge in [-0.15, -0.1) is 0 Å². The first-order chi connectivity index (χ1) is 7.78. The highest BCUT2D eigenvalue weighted by molar-refractivity contribution is 5.71. The number of carbonyl (C=O) groups excluding carboxylic acids is 1. The van der Waals surface area contributed by atoms with Crippen molar-refractivity contribution >= 4 is 6.29 Å². The number of nitrogens with zero attached hydrogens (tertiary/aromatic N) is 2. The maximum Gasteiger partial charge on any atom is 0.168 e. The molecule has 4 nitrogen and oxygen atoms in total. The quantitative estimate of drug-likeness (QED) is 0.706. The van der Waals surface area contributed by atoms with Crippen molar-refractivity contribution in [2.45, 2.75) is 19.3 Å². The van der Waals surface area contributed by atoms with Gasteiger partial charge in [-0.1, -0.05) is 0 Å². The van der Waals surface area contributed by atoms with E-state index in [1.165, 1.54) is 6.20 Å². The Morgan fingerprint density at radius 1 is 1.56 bits per heavy atom. The van der Waals surface area contributed by atoms with Gasteiger partial charge in [-0.2, -0.15) is 5.26 Å². The van der Waals surface area contributed by atoms with Crippen LogP contribution in [0.3, 0.4) is 0 Å². The predicted molar refractivity (Wildman–Crippen MR) is 57.0 cm³/mol. The van der Waals surface area contributed by atoms with E-state index < -0.39 is 0 Å². The number of aldehydes is 1. The number of nitriles is 1. The molecule has 1 aliphatic rings. The van der Waals surface area contributed by atoms with Crippen LogP contribution in [0.2, 0.25) is 0 Å². The number of hydrogen-bond acceptors (Lipinski definition) is 4. The van der Waals surface area contributed by atoms with Gasteiger partial charge in [0.25, 0.3) is 0 Å². The molecular formula is C12H12N2O2. The summed E-state index contributed by atoms with van der Waals surface area (Å²) in [7, 11) is 0. The van der Waals surface area contributed by atoms with Gasteiger partial charge in [-0.25, -0.2) is 4.98 Å². The highest BCUT2D eigenvalue weighted by Crippen LogP contribution is 2.48. The van der Waals surface area contributed by atoms with Crippen molar-refractivity contribution < 1.29 is 9.53 Å². The van der Waals surface area contributed by atoms with Crippen molar-refractivity contribution in [3.8, 4) is 11.8 Å². The van der Waals surface area contributed by atoms with Crippen molar-refractivity contribution in [1.82, 2.24) is 4.98 Å². The summed E-state index contributed by atoms with van der Waals surface area (Å²) in [6.07, 6.45) is 4.89. The third kappa shape index (κ3) is 2.37. The summed E-state index contributed by atoms with van der Waals surface area (Å²) in [5.41, 5.74) is 0.462. The van der Waals surface area contributed by atoms with E-state index in [0.717, 1.165) is 12.8 Å². The lowest BCUT2D eigenvalue weighted by atomic mass is 10.1. The molecule has 16 heavy (non-hydrogen) atoms. The van der Waals surface area contributed by atoms with Gasteiger partial charge in [0.15, 0.2) is 6.29 Å².